The number of methoxy groups -OCH3 is 1. The second-order valence-corrected chi connectivity index (χ2v) is 7.77. The van der Waals surface area contributed by atoms with Gasteiger partial charge in [0.2, 0.25) is 0 Å². The number of benzene rings is 2. The number of fused-ring (bicyclic) bond motifs is 1. The molecule has 7 nitrogen and oxygen atoms in total. The first kappa shape index (κ1) is 22.1. The van der Waals surface area contributed by atoms with Crippen molar-refractivity contribution in [3.63, 3.8) is 0 Å². The average molecular weight is 415 g/mol. The molecule has 1 unspecified atom stereocenters. The molecule has 2 aromatic rings. The van der Waals surface area contributed by atoms with Crippen LogP contribution in [-0.2, 0) is 24.6 Å². The Morgan fingerprint density at radius 3 is 2.27 bits per heavy atom. The van der Waals surface area contributed by atoms with Crippen molar-refractivity contribution in [3.8, 4) is 5.75 Å². The van der Waals surface area contributed by atoms with Gasteiger partial charge in [0, 0.05) is 33.1 Å². The number of piperazine rings is 1. The molecule has 1 saturated heterocycles. The van der Waals surface area contributed by atoms with E-state index in [0.29, 0.717) is 0 Å². The molecule has 0 spiro atoms. The summed E-state index contributed by atoms with van der Waals surface area (Å²) in [5.74, 6) is 0.0619. The molecule has 1 fully saturated rings. The molecule has 2 aromatic carbocycles. The average Bonchev–Trinajstić information content (AvgIpc) is 2.75. The molecule has 1 heterocycles. The van der Waals surface area contributed by atoms with Gasteiger partial charge in [0.05, 0.1) is 7.11 Å². The molecule has 0 radical (unpaired) electrons. The van der Waals surface area contributed by atoms with E-state index < -0.39 is 11.5 Å². The van der Waals surface area contributed by atoms with Crippen molar-refractivity contribution in [3.05, 3.63) is 42.0 Å². The summed E-state index contributed by atoms with van der Waals surface area (Å²) < 4.78 is 15.8. The highest BCUT2D eigenvalue weighted by Gasteiger charge is 2.43. The van der Waals surface area contributed by atoms with Gasteiger partial charge < -0.3 is 19.1 Å². The fraction of sp³-hybridized carbons (Fsp3) is 0.478. The van der Waals surface area contributed by atoms with E-state index >= 15 is 0 Å². The Labute approximate surface area is 177 Å². The van der Waals surface area contributed by atoms with Gasteiger partial charge in [-0.2, -0.15) is 0 Å². The van der Waals surface area contributed by atoms with E-state index in [-0.39, 0.29) is 19.2 Å². The van der Waals surface area contributed by atoms with Gasteiger partial charge in [-0.15, -0.1) is 0 Å². The fourth-order valence-corrected chi connectivity index (χ4v) is 3.80. The molecule has 0 saturated carbocycles. The third-order valence-electron chi connectivity index (χ3n) is 5.76. The lowest BCUT2D eigenvalue weighted by Gasteiger charge is -2.43. The third-order valence-corrected chi connectivity index (χ3v) is 5.76. The molecule has 0 aliphatic carbocycles. The van der Waals surface area contributed by atoms with Crippen molar-refractivity contribution >= 4 is 22.7 Å². The van der Waals surface area contributed by atoms with Gasteiger partial charge in [0.25, 0.3) is 0 Å². The second-order valence-electron chi connectivity index (χ2n) is 7.77. The summed E-state index contributed by atoms with van der Waals surface area (Å²) in [6.45, 7) is 6.60. The van der Waals surface area contributed by atoms with E-state index in [0.717, 1.165) is 48.3 Å². The molecule has 0 N–H and O–H groups in total. The van der Waals surface area contributed by atoms with Crippen LogP contribution in [0.3, 0.4) is 0 Å². The first-order valence-corrected chi connectivity index (χ1v) is 10.2. The quantitative estimate of drug-likeness (QED) is 0.509. The summed E-state index contributed by atoms with van der Waals surface area (Å²) in [7, 11) is 3.72. The van der Waals surface area contributed by atoms with Crippen LogP contribution in [0.25, 0.3) is 10.8 Å². The molecule has 0 aromatic heterocycles. The largest absolute Gasteiger partial charge is 0.497 e. The molecule has 1 atom stereocenters. The van der Waals surface area contributed by atoms with E-state index in [1.165, 1.54) is 6.92 Å². The van der Waals surface area contributed by atoms with Crippen molar-refractivity contribution < 1.29 is 23.8 Å². The van der Waals surface area contributed by atoms with Crippen LogP contribution in [0.2, 0.25) is 0 Å². The van der Waals surface area contributed by atoms with Gasteiger partial charge in [0.15, 0.2) is 0 Å². The van der Waals surface area contributed by atoms with Crippen LogP contribution in [0, 0.1) is 0 Å². The number of ether oxygens (including phenoxy) is 3. The zero-order valence-electron chi connectivity index (χ0n) is 18.1. The van der Waals surface area contributed by atoms with Crippen LogP contribution in [-0.4, -0.2) is 75.3 Å². The van der Waals surface area contributed by atoms with E-state index in [9.17, 15) is 9.59 Å². The summed E-state index contributed by atoms with van der Waals surface area (Å²) in [4.78, 5) is 28.7. The Kier molecular flexibility index (Phi) is 6.95. The molecule has 1 aliphatic rings. The smallest absolute Gasteiger partial charge is 0.331 e. The Hall–Kier alpha value is -2.64. The summed E-state index contributed by atoms with van der Waals surface area (Å²) in [5, 5.41) is 2.07. The first-order chi connectivity index (χ1) is 14.3. The number of hydrogen-bond acceptors (Lipinski definition) is 7. The SMILES string of the molecule is COc1ccc2cc(C(C)(C(=O)OCCOC(C)=O)N3CCN(C)CC3)ccc2c1. The summed E-state index contributed by atoms with van der Waals surface area (Å²) in [5.41, 5.74) is -0.0618. The number of nitrogens with zero attached hydrogens (tertiary/aromatic N) is 2. The Balaban J connectivity index is 1.91. The second kappa shape index (κ2) is 9.45. The van der Waals surface area contributed by atoms with Crippen molar-refractivity contribution in [1.82, 2.24) is 9.80 Å². The molecule has 30 heavy (non-hydrogen) atoms. The van der Waals surface area contributed by atoms with E-state index in [2.05, 4.69) is 16.8 Å². The van der Waals surface area contributed by atoms with Gasteiger partial charge >= 0.3 is 11.9 Å². The number of carbonyl (C=O) groups excluding carboxylic acids is 2. The standard InChI is InChI=1S/C23H30N2O5/c1-17(26)29-13-14-30-22(27)23(2,25-11-9-24(3)10-12-25)20-7-5-19-16-21(28-4)8-6-18(19)15-20/h5-8,15-16H,9-14H2,1-4H3. The Morgan fingerprint density at radius 1 is 0.967 bits per heavy atom. The van der Waals surface area contributed by atoms with Crippen molar-refractivity contribution in [1.29, 1.82) is 0 Å². The number of carbonyl (C=O) groups is 2. The minimum atomic E-state index is -0.939. The molecular weight excluding hydrogens is 384 g/mol. The van der Waals surface area contributed by atoms with Crippen molar-refractivity contribution in [2.75, 3.05) is 53.6 Å². The maximum atomic E-state index is 13.3. The number of likely N-dealkylation sites (N-methyl/N-ethyl adjacent to an activating group) is 1. The molecular formula is C23H30N2O5. The predicted octanol–water partition coefficient (Wildman–Crippen LogP) is 2.42. The van der Waals surface area contributed by atoms with E-state index in [4.69, 9.17) is 14.2 Å². The normalized spacial score (nSPS) is 17.3. The molecule has 162 valence electrons. The highest BCUT2D eigenvalue weighted by molar-refractivity contribution is 5.88. The predicted molar refractivity (Wildman–Crippen MR) is 115 cm³/mol. The zero-order valence-corrected chi connectivity index (χ0v) is 18.1. The summed E-state index contributed by atoms with van der Waals surface area (Å²) >= 11 is 0. The Morgan fingerprint density at radius 2 is 1.60 bits per heavy atom. The topological polar surface area (TPSA) is 68.3 Å². The lowest BCUT2D eigenvalue weighted by Crippen LogP contribution is -2.57. The molecule has 3 rings (SSSR count). The van der Waals surface area contributed by atoms with Crippen molar-refractivity contribution in [2.24, 2.45) is 0 Å². The maximum absolute atomic E-state index is 13.3. The van der Waals surface area contributed by atoms with E-state index in [1.807, 2.05) is 43.3 Å². The molecule has 1 aliphatic heterocycles. The zero-order chi connectivity index (χ0) is 21.7. The molecule has 0 amide bonds. The van der Waals surface area contributed by atoms with Crippen LogP contribution < -0.4 is 4.74 Å². The summed E-state index contributed by atoms with van der Waals surface area (Å²) in [6.07, 6.45) is 0. The van der Waals surface area contributed by atoms with Crippen LogP contribution >= 0.6 is 0 Å². The van der Waals surface area contributed by atoms with Gasteiger partial charge in [-0.3, -0.25) is 9.69 Å². The Bertz CT molecular complexity index is 908. The van der Waals surface area contributed by atoms with Gasteiger partial charge in [-0.1, -0.05) is 18.2 Å². The van der Waals surface area contributed by atoms with Gasteiger partial charge in [-0.05, 0) is 48.5 Å². The van der Waals surface area contributed by atoms with Crippen LogP contribution in [0.15, 0.2) is 36.4 Å². The van der Waals surface area contributed by atoms with Gasteiger partial charge in [-0.25, -0.2) is 4.79 Å². The minimum Gasteiger partial charge on any atom is -0.497 e. The highest BCUT2D eigenvalue weighted by atomic mass is 16.6. The number of rotatable bonds is 7. The fourth-order valence-electron chi connectivity index (χ4n) is 3.80. The number of esters is 2. The van der Waals surface area contributed by atoms with E-state index in [1.54, 1.807) is 7.11 Å². The van der Waals surface area contributed by atoms with Crippen LogP contribution in [0.5, 0.6) is 5.75 Å². The molecule has 7 heteroatoms. The maximum Gasteiger partial charge on any atom is 0.331 e. The first-order valence-electron chi connectivity index (χ1n) is 10.2. The minimum absolute atomic E-state index is 0.0343. The monoisotopic (exact) mass is 414 g/mol. The summed E-state index contributed by atoms with van der Waals surface area (Å²) in [6, 6.07) is 11.9. The molecule has 0 bridgehead atoms. The van der Waals surface area contributed by atoms with Crippen LogP contribution in [0.1, 0.15) is 19.4 Å². The number of hydrogen-bond donors (Lipinski definition) is 0. The third kappa shape index (κ3) is 4.74. The highest BCUT2D eigenvalue weighted by Crippen LogP contribution is 2.33. The van der Waals surface area contributed by atoms with Gasteiger partial charge in [0.1, 0.15) is 24.5 Å². The van der Waals surface area contributed by atoms with Crippen molar-refractivity contribution in [2.45, 2.75) is 19.4 Å². The lowest BCUT2D eigenvalue weighted by atomic mass is 9.87. The van der Waals surface area contributed by atoms with Crippen LogP contribution in [0.4, 0.5) is 0 Å². The lowest BCUT2D eigenvalue weighted by molar-refractivity contribution is -0.163.